The summed E-state index contributed by atoms with van der Waals surface area (Å²) in [5.41, 5.74) is 0.298. The lowest BCUT2D eigenvalue weighted by Crippen LogP contribution is -2.12. The Morgan fingerprint density at radius 2 is 2.04 bits per heavy atom. The van der Waals surface area contributed by atoms with Crippen LogP contribution in [-0.4, -0.2) is 29.5 Å². The molecule has 0 aliphatic heterocycles. The highest BCUT2D eigenvalue weighted by Crippen LogP contribution is 2.31. The summed E-state index contributed by atoms with van der Waals surface area (Å²) in [6, 6.07) is 4.72. The summed E-state index contributed by atoms with van der Waals surface area (Å²) in [4.78, 5) is 12.1. The summed E-state index contributed by atoms with van der Waals surface area (Å²) in [6.45, 7) is 3.45. The zero-order valence-electron chi connectivity index (χ0n) is 13.5. The predicted molar refractivity (Wildman–Crippen MR) is 80.0 cm³/mol. The standard InChI is InChI=1S/C16H17F3N2O3/c1-4-24-15(22)14-10(2)20-21(13(14)9-23-3)12-7-5-6-11(8-12)16(17,18)19/h5-8H,4,9H2,1-3H3. The van der Waals surface area contributed by atoms with Gasteiger partial charge in [0.15, 0.2) is 0 Å². The van der Waals surface area contributed by atoms with Crippen molar-refractivity contribution in [1.29, 1.82) is 0 Å². The molecule has 0 atom stereocenters. The number of ether oxygens (including phenoxy) is 2. The van der Waals surface area contributed by atoms with Crippen molar-refractivity contribution in [3.05, 3.63) is 46.8 Å². The van der Waals surface area contributed by atoms with E-state index in [4.69, 9.17) is 9.47 Å². The number of aryl methyl sites for hydroxylation is 1. The van der Waals surface area contributed by atoms with Crippen LogP contribution in [0.25, 0.3) is 5.69 Å². The van der Waals surface area contributed by atoms with Crippen molar-refractivity contribution in [2.24, 2.45) is 0 Å². The molecule has 0 spiro atoms. The van der Waals surface area contributed by atoms with E-state index in [1.54, 1.807) is 13.8 Å². The van der Waals surface area contributed by atoms with Gasteiger partial charge in [0.05, 0.1) is 35.9 Å². The van der Waals surface area contributed by atoms with Crippen molar-refractivity contribution >= 4 is 5.97 Å². The molecule has 1 heterocycles. The van der Waals surface area contributed by atoms with Crippen molar-refractivity contribution in [2.45, 2.75) is 26.6 Å². The predicted octanol–water partition coefficient (Wildman–Crippen LogP) is 3.52. The van der Waals surface area contributed by atoms with Crippen LogP contribution in [0.5, 0.6) is 0 Å². The maximum atomic E-state index is 12.9. The summed E-state index contributed by atoms with van der Waals surface area (Å²) in [7, 11) is 1.42. The SMILES string of the molecule is CCOC(=O)c1c(C)nn(-c2cccc(C(F)(F)F)c2)c1COC. The Hall–Kier alpha value is -2.35. The van der Waals surface area contributed by atoms with E-state index in [1.165, 1.54) is 23.9 Å². The highest BCUT2D eigenvalue weighted by Gasteiger charge is 2.31. The largest absolute Gasteiger partial charge is 0.462 e. The highest BCUT2D eigenvalue weighted by molar-refractivity contribution is 5.92. The maximum Gasteiger partial charge on any atom is 0.416 e. The van der Waals surface area contributed by atoms with E-state index >= 15 is 0 Å². The third-order valence-corrected chi connectivity index (χ3v) is 3.33. The first kappa shape index (κ1) is 18.0. The Kier molecular flexibility index (Phi) is 5.28. The van der Waals surface area contributed by atoms with Gasteiger partial charge in [-0.1, -0.05) is 6.07 Å². The van der Waals surface area contributed by atoms with Gasteiger partial charge in [-0.15, -0.1) is 0 Å². The molecule has 2 aromatic rings. The van der Waals surface area contributed by atoms with Gasteiger partial charge in [-0.25, -0.2) is 9.48 Å². The Morgan fingerprint density at radius 3 is 2.62 bits per heavy atom. The number of aromatic nitrogens is 2. The number of benzene rings is 1. The van der Waals surface area contributed by atoms with Gasteiger partial charge < -0.3 is 9.47 Å². The van der Waals surface area contributed by atoms with Gasteiger partial charge in [0, 0.05) is 7.11 Å². The molecule has 2 rings (SSSR count). The van der Waals surface area contributed by atoms with Crippen molar-refractivity contribution < 1.29 is 27.4 Å². The van der Waals surface area contributed by atoms with Gasteiger partial charge in [0.1, 0.15) is 5.56 Å². The van der Waals surface area contributed by atoms with Crippen molar-refractivity contribution in [1.82, 2.24) is 9.78 Å². The lowest BCUT2D eigenvalue weighted by atomic mass is 10.1. The Balaban J connectivity index is 2.59. The molecule has 0 N–H and O–H groups in total. The second-order valence-corrected chi connectivity index (χ2v) is 5.02. The number of carbonyl (C=O) groups is 1. The molecule has 0 aliphatic rings. The number of hydrogen-bond acceptors (Lipinski definition) is 4. The highest BCUT2D eigenvalue weighted by atomic mass is 19.4. The van der Waals surface area contributed by atoms with Gasteiger partial charge in [-0.05, 0) is 32.0 Å². The molecular weight excluding hydrogens is 325 g/mol. The molecule has 0 fully saturated rings. The Bertz CT molecular complexity index is 739. The van der Waals surface area contributed by atoms with Gasteiger partial charge in [-0.2, -0.15) is 18.3 Å². The van der Waals surface area contributed by atoms with Gasteiger partial charge in [-0.3, -0.25) is 0 Å². The molecule has 24 heavy (non-hydrogen) atoms. The third kappa shape index (κ3) is 3.59. The van der Waals surface area contributed by atoms with Crippen LogP contribution in [-0.2, 0) is 22.3 Å². The molecule has 0 saturated heterocycles. The first-order chi connectivity index (χ1) is 11.3. The van der Waals surface area contributed by atoms with Crippen LogP contribution in [0.15, 0.2) is 24.3 Å². The molecule has 8 heteroatoms. The molecular formula is C16H17F3N2O3. The summed E-state index contributed by atoms with van der Waals surface area (Å²) in [5, 5.41) is 4.19. The zero-order chi connectivity index (χ0) is 17.9. The van der Waals surface area contributed by atoms with Crippen LogP contribution in [0, 0.1) is 6.92 Å². The van der Waals surface area contributed by atoms with E-state index in [9.17, 15) is 18.0 Å². The van der Waals surface area contributed by atoms with Crippen LogP contribution in [0.4, 0.5) is 13.2 Å². The quantitative estimate of drug-likeness (QED) is 0.780. The number of rotatable bonds is 5. The number of alkyl halides is 3. The molecule has 1 aromatic carbocycles. The number of methoxy groups -OCH3 is 1. The first-order valence-electron chi connectivity index (χ1n) is 7.21. The van der Waals surface area contributed by atoms with Crippen molar-refractivity contribution in [3.63, 3.8) is 0 Å². The number of esters is 1. The number of halogens is 3. The molecule has 0 radical (unpaired) electrons. The van der Waals surface area contributed by atoms with Gasteiger partial charge in [0.25, 0.3) is 0 Å². The lowest BCUT2D eigenvalue weighted by molar-refractivity contribution is -0.137. The van der Waals surface area contributed by atoms with E-state index in [0.29, 0.717) is 11.4 Å². The van der Waals surface area contributed by atoms with E-state index < -0.39 is 17.7 Å². The molecule has 0 saturated carbocycles. The molecule has 0 bridgehead atoms. The van der Waals surface area contributed by atoms with Crippen LogP contribution in [0.3, 0.4) is 0 Å². The Morgan fingerprint density at radius 1 is 1.33 bits per heavy atom. The van der Waals surface area contributed by atoms with E-state index in [1.807, 2.05) is 0 Å². The van der Waals surface area contributed by atoms with Crippen LogP contribution in [0.1, 0.15) is 34.2 Å². The third-order valence-electron chi connectivity index (χ3n) is 3.33. The second-order valence-electron chi connectivity index (χ2n) is 5.02. The average Bonchev–Trinajstić information content (AvgIpc) is 2.84. The number of hydrogen-bond donors (Lipinski definition) is 0. The summed E-state index contributed by atoms with van der Waals surface area (Å²) < 4.78 is 50.1. The normalized spacial score (nSPS) is 11.6. The fourth-order valence-electron chi connectivity index (χ4n) is 2.34. The molecule has 0 amide bonds. The fourth-order valence-corrected chi connectivity index (χ4v) is 2.34. The monoisotopic (exact) mass is 342 g/mol. The maximum absolute atomic E-state index is 12.9. The van der Waals surface area contributed by atoms with E-state index in [-0.39, 0.29) is 24.5 Å². The molecule has 0 unspecified atom stereocenters. The zero-order valence-corrected chi connectivity index (χ0v) is 13.5. The minimum atomic E-state index is -4.47. The van der Waals surface area contributed by atoms with Gasteiger partial charge in [0.2, 0.25) is 0 Å². The van der Waals surface area contributed by atoms with Gasteiger partial charge >= 0.3 is 12.1 Å². The summed E-state index contributed by atoms with van der Waals surface area (Å²) in [6.07, 6.45) is -4.47. The summed E-state index contributed by atoms with van der Waals surface area (Å²) in [5.74, 6) is -0.583. The van der Waals surface area contributed by atoms with Crippen LogP contribution >= 0.6 is 0 Å². The van der Waals surface area contributed by atoms with Crippen molar-refractivity contribution in [2.75, 3.05) is 13.7 Å². The molecule has 0 aliphatic carbocycles. The minimum absolute atomic E-state index is 0.00519. The fraction of sp³-hybridized carbons (Fsp3) is 0.375. The number of carbonyl (C=O) groups excluding carboxylic acids is 1. The lowest BCUT2D eigenvalue weighted by Gasteiger charge is -2.11. The molecule has 130 valence electrons. The first-order valence-corrected chi connectivity index (χ1v) is 7.21. The van der Waals surface area contributed by atoms with Crippen LogP contribution in [0.2, 0.25) is 0 Å². The second kappa shape index (κ2) is 7.04. The Labute approximate surface area is 137 Å². The molecule has 1 aromatic heterocycles. The van der Waals surface area contributed by atoms with Crippen molar-refractivity contribution in [3.8, 4) is 5.69 Å². The average molecular weight is 342 g/mol. The molecule has 5 nitrogen and oxygen atoms in total. The summed E-state index contributed by atoms with van der Waals surface area (Å²) >= 11 is 0. The van der Waals surface area contributed by atoms with E-state index in [2.05, 4.69) is 5.10 Å². The topological polar surface area (TPSA) is 53.3 Å². The van der Waals surface area contributed by atoms with E-state index in [0.717, 1.165) is 12.1 Å². The smallest absolute Gasteiger partial charge is 0.416 e. The number of nitrogens with zero attached hydrogens (tertiary/aromatic N) is 2. The minimum Gasteiger partial charge on any atom is -0.462 e. The van der Waals surface area contributed by atoms with Crippen LogP contribution < -0.4 is 0 Å².